The number of methoxy groups -OCH3 is 2. The third-order valence-electron chi connectivity index (χ3n) is 5.62. The lowest BCUT2D eigenvalue weighted by Gasteiger charge is -2.30. The topological polar surface area (TPSA) is 98.9 Å². The molecule has 1 unspecified atom stereocenters. The Balaban J connectivity index is 1.58. The van der Waals surface area contributed by atoms with Gasteiger partial charge in [-0.05, 0) is 18.6 Å². The second-order valence-corrected chi connectivity index (χ2v) is 7.89. The van der Waals surface area contributed by atoms with Gasteiger partial charge in [0.05, 0.1) is 32.9 Å². The first-order valence-corrected chi connectivity index (χ1v) is 10.3. The monoisotopic (exact) mass is 450 g/mol. The number of benzene rings is 1. The summed E-state index contributed by atoms with van der Waals surface area (Å²) in [6.07, 6.45) is 0.624. The summed E-state index contributed by atoms with van der Waals surface area (Å²) >= 11 is 6.30. The third-order valence-corrected chi connectivity index (χ3v) is 5.89. The molecule has 1 saturated heterocycles. The number of amides is 1. The number of carbonyl (C=O) groups excluding carboxylic acids is 1. The summed E-state index contributed by atoms with van der Waals surface area (Å²) < 4.78 is 31.2. The van der Waals surface area contributed by atoms with Gasteiger partial charge in [-0.3, -0.25) is 4.79 Å². The number of aromatic nitrogens is 1. The van der Waals surface area contributed by atoms with Crippen molar-refractivity contribution in [3.8, 4) is 11.5 Å². The van der Waals surface area contributed by atoms with E-state index < -0.39 is 5.82 Å². The zero-order valence-corrected chi connectivity index (χ0v) is 18.0. The summed E-state index contributed by atoms with van der Waals surface area (Å²) in [5.41, 5.74) is 7.13. The van der Waals surface area contributed by atoms with Crippen LogP contribution in [0.4, 0.5) is 10.2 Å². The van der Waals surface area contributed by atoms with Crippen molar-refractivity contribution in [2.75, 3.05) is 32.8 Å². The summed E-state index contributed by atoms with van der Waals surface area (Å²) in [7, 11) is 3.10. The summed E-state index contributed by atoms with van der Waals surface area (Å²) in [5, 5.41) is 3.01. The number of pyridine rings is 1. The standard InChI is InChI=1S/C21H24ClFN4O4/c1-29-12-4-3-11(16(7-12)30-2)8-27-9-13-17(21(27)28)19(22)26-20(18(13)23)25-15-5-6-31-10-14(15)24/h3-4,7,14-15H,5-6,8-10,24H2,1-2H3,(H,25,26)/t14-,15?/m0/s1. The number of anilines is 1. The first-order valence-electron chi connectivity index (χ1n) is 9.90. The van der Waals surface area contributed by atoms with Crippen molar-refractivity contribution in [3.05, 3.63) is 45.9 Å². The Morgan fingerprint density at radius 2 is 2.19 bits per heavy atom. The molecule has 166 valence electrons. The van der Waals surface area contributed by atoms with Gasteiger partial charge in [-0.25, -0.2) is 9.37 Å². The Morgan fingerprint density at radius 3 is 2.90 bits per heavy atom. The van der Waals surface area contributed by atoms with Crippen LogP contribution in [0.2, 0.25) is 5.15 Å². The molecule has 0 radical (unpaired) electrons. The van der Waals surface area contributed by atoms with Crippen LogP contribution in [0.1, 0.15) is 27.9 Å². The van der Waals surface area contributed by atoms with Crippen molar-refractivity contribution < 1.29 is 23.4 Å². The Kier molecular flexibility index (Phi) is 6.17. The van der Waals surface area contributed by atoms with Crippen LogP contribution < -0.4 is 20.5 Å². The molecular formula is C21H24ClFN4O4. The van der Waals surface area contributed by atoms with Gasteiger partial charge >= 0.3 is 0 Å². The SMILES string of the molecule is COc1ccc(CN2Cc3c(F)c(NC4CCOC[C@@H]4N)nc(Cl)c3C2=O)c(OC)c1. The fraction of sp³-hybridized carbons (Fsp3) is 0.429. The van der Waals surface area contributed by atoms with E-state index in [1.807, 2.05) is 6.07 Å². The molecule has 0 saturated carbocycles. The number of hydrogen-bond donors (Lipinski definition) is 2. The second kappa shape index (κ2) is 8.86. The largest absolute Gasteiger partial charge is 0.497 e. The molecule has 4 rings (SSSR count). The first kappa shape index (κ1) is 21.6. The van der Waals surface area contributed by atoms with Crippen LogP contribution in [0.15, 0.2) is 18.2 Å². The van der Waals surface area contributed by atoms with Crippen molar-refractivity contribution >= 4 is 23.3 Å². The average Bonchev–Trinajstić information content (AvgIpc) is 3.10. The Bertz CT molecular complexity index is 1010. The van der Waals surface area contributed by atoms with Gasteiger partial charge in [-0.2, -0.15) is 0 Å². The highest BCUT2D eigenvalue weighted by Crippen LogP contribution is 2.36. The molecule has 2 atom stereocenters. The van der Waals surface area contributed by atoms with Gasteiger partial charge in [-0.1, -0.05) is 11.6 Å². The van der Waals surface area contributed by atoms with Gasteiger partial charge in [0.25, 0.3) is 5.91 Å². The highest BCUT2D eigenvalue weighted by molar-refractivity contribution is 6.33. The minimum atomic E-state index is -0.587. The second-order valence-electron chi connectivity index (χ2n) is 7.54. The number of ether oxygens (including phenoxy) is 3. The van der Waals surface area contributed by atoms with E-state index in [1.165, 1.54) is 12.0 Å². The van der Waals surface area contributed by atoms with Gasteiger partial charge in [0, 0.05) is 42.4 Å². The van der Waals surface area contributed by atoms with Crippen LogP contribution in [0.3, 0.4) is 0 Å². The molecule has 0 spiro atoms. The molecule has 31 heavy (non-hydrogen) atoms. The molecule has 2 aliphatic heterocycles. The maximum Gasteiger partial charge on any atom is 0.258 e. The molecule has 3 heterocycles. The molecule has 0 bridgehead atoms. The molecule has 1 aromatic heterocycles. The lowest BCUT2D eigenvalue weighted by Crippen LogP contribution is -2.47. The number of nitrogens with zero attached hydrogens (tertiary/aromatic N) is 2. The predicted octanol–water partition coefficient (Wildman–Crippen LogP) is 2.58. The van der Waals surface area contributed by atoms with Crippen LogP contribution >= 0.6 is 11.6 Å². The molecule has 1 amide bonds. The summed E-state index contributed by atoms with van der Waals surface area (Å²) in [4.78, 5) is 18.6. The minimum Gasteiger partial charge on any atom is -0.497 e. The fourth-order valence-electron chi connectivity index (χ4n) is 3.89. The lowest BCUT2D eigenvalue weighted by atomic mass is 10.0. The summed E-state index contributed by atoms with van der Waals surface area (Å²) in [5.74, 6) is 0.248. The minimum absolute atomic E-state index is 0.00257. The van der Waals surface area contributed by atoms with Crippen molar-refractivity contribution in [1.82, 2.24) is 9.88 Å². The number of nitrogens with two attached hydrogens (primary N) is 1. The quantitative estimate of drug-likeness (QED) is 0.652. The molecule has 2 aliphatic rings. The van der Waals surface area contributed by atoms with E-state index in [-0.39, 0.29) is 53.2 Å². The van der Waals surface area contributed by atoms with Crippen molar-refractivity contribution in [2.45, 2.75) is 31.6 Å². The van der Waals surface area contributed by atoms with E-state index in [2.05, 4.69) is 10.3 Å². The number of hydrogen-bond acceptors (Lipinski definition) is 7. The number of nitrogens with one attached hydrogen (secondary N) is 1. The van der Waals surface area contributed by atoms with Crippen LogP contribution in [0, 0.1) is 5.82 Å². The van der Waals surface area contributed by atoms with Crippen molar-refractivity contribution in [3.63, 3.8) is 0 Å². The summed E-state index contributed by atoms with van der Waals surface area (Å²) in [6.45, 7) is 1.21. The molecule has 2 aromatic rings. The van der Waals surface area contributed by atoms with E-state index >= 15 is 4.39 Å². The van der Waals surface area contributed by atoms with Crippen molar-refractivity contribution in [2.24, 2.45) is 5.73 Å². The van der Waals surface area contributed by atoms with E-state index in [9.17, 15) is 4.79 Å². The van der Waals surface area contributed by atoms with Gasteiger partial charge in [-0.15, -0.1) is 0 Å². The van der Waals surface area contributed by atoms with Crippen LogP contribution in [0.25, 0.3) is 0 Å². The van der Waals surface area contributed by atoms with E-state index in [0.29, 0.717) is 31.1 Å². The van der Waals surface area contributed by atoms with Gasteiger partial charge in [0.2, 0.25) is 0 Å². The molecule has 10 heteroatoms. The van der Waals surface area contributed by atoms with Gasteiger partial charge in [0.1, 0.15) is 16.7 Å². The van der Waals surface area contributed by atoms with E-state index in [1.54, 1.807) is 19.2 Å². The highest BCUT2D eigenvalue weighted by atomic mass is 35.5. The lowest BCUT2D eigenvalue weighted by molar-refractivity contribution is 0.0750. The fourth-order valence-corrected chi connectivity index (χ4v) is 4.17. The van der Waals surface area contributed by atoms with Crippen LogP contribution in [0.5, 0.6) is 11.5 Å². The number of rotatable bonds is 6. The normalized spacial score (nSPS) is 20.5. The highest BCUT2D eigenvalue weighted by Gasteiger charge is 2.36. The maximum atomic E-state index is 15.3. The average molecular weight is 451 g/mol. The molecule has 0 aliphatic carbocycles. The Morgan fingerprint density at radius 1 is 1.39 bits per heavy atom. The molecule has 1 fully saturated rings. The Hall–Kier alpha value is -2.62. The van der Waals surface area contributed by atoms with E-state index in [0.717, 1.165) is 5.56 Å². The van der Waals surface area contributed by atoms with E-state index in [4.69, 9.17) is 31.5 Å². The third kappa shape index (κ3) is 4.13. The summed E-state index contributed by atoms with van der Waals surface area (Å²) in [6, 6.07) is 4.84. The van der Waals surface area contributed by atoms with Gasteiger partial charge in [0.15, 0.2) is 11.6 Å². The number of halogens is 2. The van der Waals surface area contributed by atoms with Crippen molar-refractivity contribution in [1.29, 1.82) is 0 Å². The van der Waals surface area contributed by atoms with Gasteiger partial charge < -0.3 is 30.2 Å². The zero-order valence-electron chi connectivity index (χ0n) is 17.3. The Labute approximate surface area is 184 Å². The smallest absolute Gasteiger partial charge is 0.258 e. The maximum absolute atomic E-state index is 15.3. The number of fused-ring (bicyclic) bond motifs is 1. The zero-order chi connectivity index (χ0) is 22.1. The molecule has 8 nitrogen and oxygen atoms in total. The predicted molar refractivity (Wildman–Crippen MR) is 113 cm³/mol. The first-order chi connectivity index (χ1) is 14.9. The molecule has 1 aromatic carbocycles. The van der Waals surface area contributed by atoms with Crippen LogP contribution in [-0.4, -0.2) is 55.3 Å². The molecule has 3 N–H and O–H groups in total. The molecular weight excluding hydrogens is 427 g/mol. The van der Waals surface area contributed by atoms with Crippen LogP contribution in [-0.2, 0) is 17.8 Å². The number of carbonyl (C=O) groups is 1.